The Morgan fingerprint density at radius 3 is 2.81 bits per heavy atom. The van der Waals surface area contributed by atoms with Gasteiger partial charge in [0.25, 0.3) is 0 Å². The molecule has 80 valence electrons. The number of benzene rings is 1. The Hall–Kier alpha value is -1.75. The van der Waals surface area contributed by atoms with Gasteiger partial charge in [0.15, 0.2) is 11.0 Å². The van der Waals surface area contributed by atoms with Crippen molar-refractivity contribution in [3.05, 3.63) is 41.4 Å². The first-order chi connectivity index (χ1) is 7.66. The number of fused-ring (bicyclic) bond motifs is 3. The molecule has 0 amide bonds. The molecule has 0 aliphatic heterocycles. The highest BCUT2D eigenvalue weighted by Crippen LogP contribution is 2.23. The van der Waals surface area contributed by atoms with Crippen LogP contribution in [0.1, 0.15) is 0 Å². The average molecular weight is 240 g/mol. The Morgan fingerprint density at radius 1 is 1.19 bits per heavy atom. The molecule has 0 N–H and O–H groups in total. The van der Waals surface area contributed by atoms with Gasteiger partial charge in [0.2, 0.25) is 0 Å². The van der Waals surface area contributed by atoms with E-state index in [1.807, 2.05) is 0 Å². The molecule has 3 nitrogen and oxygen atoms in total. The summed E-state index contributed by atoms with van der Waals surface area (Å²) in [6, 6.07) is 1.96. The van der Waals surface area contributed by atoms with Gasteiger partial charge in [-0.3, -0.25) is 4.40 Å². The Labute approximate surface area is 93.3 Å². The van der Waals surface area contributed by atoms with E-state index in [-0.39, 0.29) is 10.7 Å². The fourth-order valence-electron chi connectivity index (χ4n) is 1.64. The summed E-state index contributed by atoms with van der Waals surface area (Å²) in [6.45, 7) is 0. The lowest BCUT2D eigenvalue weighted by molar-refractivity contribution is 0.589. The topological polar surface area (TPSA) is 30.2 Å². The van der Waals surface area contributed by atoms with Crippen LogP contribution >= 0.6 is 11.6 Å². The highest BCUT2D eigenvalue weighted by Gasteiger charge is 2.11. The van der Waals surface area contributed by atoms with Crippen molar-refractivity contribution >= 4 is 28.2 Å². The maximum atomic E-state index is 13.5. The van der Waals surface area contributed by atoms with Gasteiger partial charge in [-0.2, -0.15) is 0 Å². The van der Waals surface area contributed by atoms with Gasteiger partial charge in [0.1, 0.15) is 16.9 Å². The largest absolute Gasteiger partial charge is 0.294 e. The van der Waals surface area contributed by atoms with E-state index in [9.17, 15) is 8.78 Å². The first-order valence-corrected chi connectivity index (χ1v) is 4.81. The Morgan fingerprint density at radius 2 is 2.00 bits per heavy atom. The highest BCUT2D eigenvalue weighted by atomic mass is 35.5. The molecule has 0 atom stereocenters. The standard InChI is InChI=1S/C10H4ClF2N3/c11-10-8-3-14-4-16(8)7-2-5(12)1-6(13)9(7)15-10/h1-4H. The number of aromatic nitrogens is 3. The lowest BCUT2D eigenvalue weighted by Crippen LogP contribution is -1.95. The van der Waals surface area contributed by atoms with Crippen molar-refractivity contribution in [2.45, 2.75) is 0 Å². The van der Waals surface area contributed by atoms with E-state index >= 15 is 0 Å². The van der Waals surface area contributed by atoms with Crippen LogP contribution in [0.2, 0.25) is 5.15 Å². The van der Waals surface area contributed by atoms with Gasteiger partial charge in [-0.05, 0) is 0 Å². The third kappa shape index (κ3) is 1.18. The maximum Gasteiger partial charge on any atom is 0.155 e. The molecule has 3 aromatic rings. The van der Waals surface area contributed by atoms with E-state index in [0.29, 0.717) is 11.0 Å². The second kappa shape index (κ2) is 3.12. The van der Waals surface area contributed by atoms with Crippen LogP contribution in [0.3, 0.4) is 0 Å². The molecule has 0 radical (unpaired) electrons. The van der Waals surface area contributed by atoms with E-state index in [0.717, 1.165) is 6.07 Å². The van der Waals surface area contributed by atoms with Gasteiger partial charge in [0.05, 0.1) is 18.0 Å². The number of imidazole rings is 1. The quantitative estimate of drug-likeness (QED) is 0.604. The van der Waals surface area contributed by atoms with Gasteiger partial charge in [-0.1, -0.05) is 11.6 Å². The zero-order chi connectivity index (χ0) is 11.3. The fraction of sp³-hybridized carbons (Fsp3) is 0. The molecule has 2 aromatic heterocycles. The predicted molar refractivity (Wildman–Crippen MR) is 55.4 cm³/mol. The molecule has 0 unspecified atom stereocenters. The highest BCUT2D eigenvalue weighted by molar-refractivity contribution is 6.33. The summed E-state index contributed by atoms with van der Waals surface area (Å²) in [5.41, 5.74) is 0.838. The third-order valence-corrected chi connectivity index (χ3v) is 2.61. The lowest BCUT2D eigenvalue weighted by atomic mass is 10.2. The molecule has 0 aliphatic rings. The summed E-state index contributed by atoms with van der Waals surface area (Å²) in [6.07, 6.45) is 2.92. The first kappa shape index (κ1) is 9.47. The molecule has 0 aliphatic carbocycles. The van der Waals surface area contributed by atoms with E-state index in [2.05, 4.69) is 9.97 Å². The second-order valence-corrected chi connectivity index (χ2v) is 3.66. The van der Waals surface area contributed by atoms with Crippen molar-refractivity contribution < 1.29 is 8.78 Å². The summed E-state index contributed by atoms with van der Waals surface area (Å²) >= 11 is 5.86. The van der Waals surface area contributed by atoms with Crippen molar-refractivity contribution in [1.82, 2.24) is 14.4 Å². The smallest absolute Gasteiger partial charge is 0.155 e. The lowest BCUT2D eigenvalue weighted by Gasteiger charge is -2.04. The van der Waals surface area contributed by atoms with Crippen LogP contribution in [0.5, 0.6) is 0 Å². The maximum absolute atomic E-state index is 13.5. The van der Waals surface area contributed by atoms with Crippen LogP contribution < -0.4 is 0 Å². The van der Waals surface area contributed by atoms with Crippen molar-refractivity contribution in [3.8, 4) is 0 Å². The molecule has 2 heterocycles. The third-order valence-electron chi connectivity index (χ3n) is 2.33. The average Bonchev–Trinajstić information content (AvgIpc) is 2.69. The zero-order valence-corrected chi connectivity index (χ0v) is 8.54. The second-order valence-electron chi connectivity index (χ2n) is 3.31. The molecule has 0 fully saturated rings. The molecular formula is C10H4ClF2N3. The minimum absolute atomic E-state index is 0.0249. The van der Waals surface area contributed by atoms with Gasteiger partial charge < -0.3 is 0 Å². The van der Waals surface area contributed by atoms with Crippen molar-refractivity contribution in [1.29, 1.82) is 0 Å². The number of halogens is 3. The Bertz CT molecular complexity index is 708. The normalized spacial score (nSPS) is 11.4. The number of hydrogen-bond donors (Lipinski definition) is 0. The van der Waals surface area contributed by atoms with Crippen LogP contribution in [0, 0.1) is 11.6 Å². The van der Waals surface area contributed by atoms with Gasteiger partial charge in [-0.15, -0.1) is 0 Å². The number of rotatable bonds is 0. The van der Waals surface area contributed by atoms with E-state index < -0.39 is 11.6 Å². The van der Waals surface area contributed by atoms with Crippen LogP contribution in [-0.4, -0.2) is 14.4 Å². The summed E-state index contributed by atoms with van der Waals surface area (Å²) in [4.78, 5) is 7.74. The summed E-state index contributed by atoms with van der Waals surface area (Å²) < 4.78 is 28.1. The van der Waals surface area contributed by atoms with Crippen LogP contribution in [0.25, 0.3) is 16.6 Å². The molecule has 1 aromatic carbocycles. The van der Waals surface area contributed by atoms with Gasteiger partial charge in [0, 0.05) is 12.1 Å². The fourth-order valence-corrected chi connectivity index (χ4v) is 1.87. The summed E-state index contributed by atoms with van der Waals surface area (Å²) in [5, 5.41) is 0.135. The molecule has 3 rings (SSSR count). The molecule has 0 saturated heterocycles. The van der Waals surface area contributed by atoms with E-state index in [1.165, 1.54) is 23.0 Å². The number of nitrogens with zero attached hydrogens (tertiary/aromatic N) is 3. The Kier molecular flexibility index (Phi) is 1.85. The zero-order valence-electron chi connectivity index (χ0n) is 7.78. The van der Waals surface area contributed by atoms with Crippen LogP contribution in [0.15, 0.2) is 24.7 Å². The minimum Gasteiger partial charge on any atom is -0.294 e. The molecule has 0 bridgehead atoms. The molecule has 0 spiro atoms. The van der Waals surface area contributed by atoms with Crippen molar-refractivity contribution in [2.75, 3.05) is 0 Å². The van der Waals surface area contributed by atoms with Crippen molar-refractivity contribution in [3.63, 3.8) is 0 Å². The first-order valence-electron chi connectivity index (χ1n) is 4.43. The summed E-state index contributed by atoms with van der Waals surface area (Å²) in [7, 11) is 0. The minimum atomic E-state index is -0.743. The molecular weight excluding hydrogens is 236 g/mol. The van der Waals surface area contributed by atoms with Crippen LogP contribution in [-0.2, 0) is 0 Å². The van der Waals surface area contributed by atoms with Gasteiger partial charge in [-0.25, -0.2) is 18.7 Å². The van der Waals surface area contributed by atoms with Gasteiger partial charge >= 0.3 is 0 Å². The van der Waals surface area contributed by atoms with Crippen LogP contribution in [0.4, 0.5) is 8.78 Å². The molecule has 6 heteroatoms. The number of hydrogen-bond acceptors (Lipinski definition) is 2. The van der Waals surface area contributed by atoms with E-state index in [4.69, 9.17) is 11.6 Å². The Balaban J connectivity index is 2.64. The van der Waals surface area contributed by atoms with E-state index in [1.54, 1.807) is 0 Å². The summed E-state index contributed by atoms with van der Waals surface area (Å²) in [5.74, 6) is -1.41. The monoisotopic (exact) mass is 239 g/mol. The van der Waals surface area contributed by atoms with Crippen molar-refractivity contribution in [2.24, 2.45) is 0 Å². The predicted octanol–water partition coefficient (Wildman–Crippen LogP) is 2.81. The molecule has 16 heavy (non-hydrogen) atoms. The molecule has 0 saturated carbocycles. The SMILES string of the molecule is Fc1cc(F)c2nc(Cl)c3cncn3c2c1.